The molecule has 0 aliphatic heterocycles. The van der Waals surface area contributed by atoms with Crippen molar-refractivity contribution in [2.75, 3.05) is 18.6 Å². The van der Waals surface area contributed by atoms with Gasteiger partial charge in [-0.25, -0.2) is 4.68 Å². The van der Waals surface area contributed by atoms with E-state index in [9.17, 15) is 0 Å². The number of nitrogens with two attached hydrogens (primary N) is 2. The number of aromatic nitrogens is 2. The van der Waals surface area contributed by atoms with Crippen LogP contribution in [-0.2, 0) is 0 Å². The van der Waals surface area contributed by atoms with Crippen LogP contribution in [0.15, 0.2) is 24.3 Å². The molecule has 17 heavy (non-hydrogen) atoms. The van der Waals surface area contributed by atoms with Crippen molar-refractivity contribution in [3.8, 4) is 17.5 Å². The molecule has 0 saturated heterocycles. The molecule has 0 saturated carbocycles. The molecule has 2 rings (SSSR count). The molecule has 1 aromatic heterocycles. The van der Waals surface area contributed by atoms with Crippen LogP contribution in [0.25, 0.3) is 5.69 Å². The zero-order valence-corrected chi connectivity index (χ0v) is 9.21. The van der Waals surface area contributed by atoms with E-state index in [2.05, 4.69) is 5.10 Å². The van der Waals surface area contributed by atoms with Gasteiger partial charge in [0.2, 0.25) is 0 Å². The molecule has 0 unspecified atom stereocenters. The monoisotopic (exact) mass is 229 g/mol. The predicted molar refractivity (Wildman–Crippen MR) is 63.7 cm³/mol. The summed E-state index contributed by atoms with van der Waals surface area (Å²) in [5, 5.41) is 12.9. The average Bonchev–Trinajstić information content (AvgIpc) is 2.64. The van der Waals surface area contributed by atoms with E-state index in [0.29, 0.717) is 11.4 Å². The molecule has 0 radical (unpaired) electrons. The van der Waals surface area contributed by atoms with Gasteiger partial charge in [0.15, 0.2) is 5.82 Å². The lowest BCUT2D eigenvalue weighted by Crippen LogP contribution is -2.02. The van der Waals surface area contributed by atoms with Crippen LogP contribution in [0.3, 0.4) is 0 Å². The van der Waals surface area contributed by atoms with E-state index < -0.39 is 0 Å². The summed E-state index contributed by atoms with van der Waals surface area (Å²) in [6, 6.07) is 9.08. The molecule has 0 fully saturated rings. The quantitative estimate of drug-likeness (QED) is 0.796. The van der Waals surface area contributed by atoms with Gasteiger partial charge in [0, 0.05) is 6.07 Å². The molecular formula is C11H11N5O. The predicted octanol–water partition coefficient (Wildman–Crippen LogP) is 0.917. The van der Waals surface area contributed by atoms with E-state index in [1.807, 2.05) is 6.07 Å². The molecule has 1 aromatic carbocycles. The standard InChI is InChI=1S/C11H11N5O/c1-17-8-4-2-3-7(5-8)16-11(14)9(6-12)10(13)15-16/h2-5H,14H2,1H3,(H2,13,15). The molecule has 2 aromatic rings. The van der Waals surface area contributed by atoms with Gasteiger partial charge in [-0.3, -0.25) is 0 Å². The minimum absolute atomic E-state index is 0.118. The van der Waals surface area contributed by atoms with Gasteiger partial charge < -0.3 is 16.2 Å². The van der Waals surface area contributed by atoms with Crippen LogP contribution in [0.5, 0.6) is 5.75 Å². The molecule has 0 spiro atoms. The number of nitrogens with zero attached hydrogens (tertiary/aromatic N) is 3. The fourth-order valence-electron chi connectivity index (χ4n) is 1.50. The Morgan fingerprint density at radius 3 is 2.76 bits per heavy atom. The van der Waals surface area contributed by atoms with Crippen LogP contribution in [0.1, 0.15) is 5.56 Å². The Balaban J connectivity index is 2.57. The van der Waals surface area contributed by atoms with Crippen molar-refractivity contribution in [2.24, 2.45) is 0 Å². The normalized spacial score (nSPS) is 9.88. The third-order valence-electron chi connectivity index (χ3n) is 2.36. The summed E-state index contributed by atoms with van der Waals surface area (Å²) in [6.45, 7) is 0. The number of ether oxygens (including phenoxy) is 1. The van der Waals surface area contributed by atoms with Gasteiger partial charge in [0.25, 0.3) is 0 Å². The maximum absolute atomic E-state index is 8.87. The highest BCUT2D eigenvalue weighted by Crippen LogP contribution is 2.23. The van der Waals surface area contributed by atoms with E-state index in [0.717, 1.165) is 0 Å². The first-order valence-electron chi connectivity index (χ1n) is 4.86. The second-order valence-corrected chi connectivity index (χ2v) is 3.37. The van der Waals surface area contributed by atoms with Crippen molar-refractivity contribution in [3.63, 3.8) is 0 Å². The highest BCUT2D eigenvalue weighted by atomic mass is 16.5. The lowest BCUT2D eigenvalue weighted by Gasteiger charge is -2.05. The first kappa shape index (κ1) is 10.8. The van der Waals surface area contributed by atoms with E-state index in [-0.39, 0.29) is 17.2 Å². The Labute approximate surface area is 98.0 Å². The third-order valence-corrected chi connectivity index (χ3v) is 2.36. The average molecular weight is 229 g/mol. The van der Waals surface area contributed by atoms with Crippen molar-refractivity contribution >= 4 is 11.6 Å². The van der Waals surface area contributed by atoms with Gasteiger partial charge >= 0.3 is 0 Å². The summed E-state index contributed by atoms with van der Waals surface area (Å²) in [5.41, 5.74) is 12.3. The number of nitrogen functional groups attached to an aromatic ring is 2. The summed E-state index contributed by atoms with van der Waals surface area (Å²) in [7, 11) is 1.57. The Morgan fingerprint density at radius 1 is 1.41 bits per heavy atom. The zero-order chi connectivity index (χ0) is 12.4. The van der Waals surface area contributed by atoms with Gasteiger partial charge in [0.05, 0.1) is 12.8 Å². The van der Waals surface area contributed by atoms with Crippen LogP contribution >= 0.6 is 0 Å². The highest BCUT2D eigenvalue weighted by Gasteiger charge is 2.14. The molecule has 0 amide bonds. The number of rotatable bonds is 2. The van der Waals surface area contributed by atoms with Crippen molar-refractivity contribution < 1.29 is 4.74 Å². The molecule has 6 nitrogen and oxygen atoms in total. The molecule has 0 atom stereocenters. The number of methoxy groups -OCH3 is 1. The maximum atomic E-state index is 8.87. The summed E-state index contributed by atoms with van der Waals surface area (Å²) < 4.78 is 6.51. The summed E-state index contributed by atoms with van der Waals surface area (Å²) in [6.07, 6.45) is 0. The molecule has 4 N–H and O–H groups in total. The Bertz CT molecular complexity index is 596. The lowest BCUT2D eigenvalue weighted by molar-refractivity contribution is 0.414. The molecule has 86 valence electrons. The number of hydrogen-bond donors (Lipinski definition) is 2. The van der Waals surface area contributed by atoms with Crippen molar-refractivity contribution in [3.05, 3.63) is 29.8 Å². The Hall–Kier alpha value is -2.68. The van der Waals surface area contributed by atoms with E-state index >= 15 is 0 Å². The molecule has 0 bridgehead atoms. The fraction of sp³-hybridized carbons (Fsp3) is 0.0909. The highest BCUT2D eigenvalue weighted by molar-refractivity contribution is 5.64. The van der Waals surface area contributed by atoms with Crippen molar-refractivity contribution in [2.45, 2.75) is 0 Å². The first-order valence-corrected chi connectivity index (χ1v) is 4.86. The lowest BCUT2D eigenvalue weighted by atomic mass is 10.3. The van der Waals surface area contributed by atoms with Gasteiger partial charge in [-0.2, -0.15) is 5.26 Å². The molecule has 1 heterocycles. The van der Waals surface area contributed by atoms with Crippen LogP contribution in [0.2, 0.25) is 0 Å². The molecular weight excluding hydrogens is 218 g/mol. The first-order chi connectivity index (χ1) is 8.17. The summed E-state index contributed by atoms with van der Waals surface area (Å²) in [5.74, 6) is 1.01. The van der Waals surface area contributed by atoms with E-state index in [1.54, 1.807) is 31.4 Å². The van der Waals surface area contributed by atoms with Gasteiger partial charge in [0.1, 0.15) is 23.2 Å². The van der Waals surface area contributed by atoms with Crippen molar-refractivity contribution in [1.29, 1.82) is 5.26 Å². The second-order valence-electron chi connectivity index (χ2n) is 3.37. The summed E-state index contributed by atoms with van der Waals surface area (Å²) >= 11 is 0. The molecule has 0 aliphatic carbocycles. The second kappa shape index (κ2) is 4.06. The van der Waals surface area contributed by atoms with Crippen LogP contribution in [0, 0.1) is 11.3 Å². The third kappa shape index (κ3) is 1.74. The SMILES string of the molecule is COc1cccc(-n2nc(N)c(C#N)c2N)c1. The zero-order valence-electron chi connectivity index (χ0n) is 9.21. The number of benzene rings is 1. The van der Waals surface area contributed by atoms with Gasteiger partial charge in [-0.1, -0.05) is 6.07 Å². The molecule has 0 aliphatic rings. The van der Waals surface area contributed by atoms with Crippen LogP contribution < -0.4 is 16.2 Å². The maximum Gasteiger partial charge on any atom is 0.166 e. The Morgan fingerprint density at radius 2 is 2.18 bits per heavy atom. The number of nitriles is 1. The smallest absolute Gasteiger partial charge is 0.166 e. The minimum Gasteiger partial charge on any atom is -0.497 e. The van der Waals surface area contributed by atoms with Crippen LogP contribution in [-0.4, -0.2) is 16.9 Å². The minimum atomic E-state index is 0.118. The van der Waals surface area contributed by atoms with E-state index in [4.69, 9.17) is 21.5 Å². The van der Waals surface area contributed by atoms with Gasteiger partial charge in [-0.15, -0.1) is 5.10 Å². The number of anilines is 2. The van der Waals surface area contributed by atoms with Crippen LogP contribution in [0.4, 0.5) is 11.6 Å². The molecule has 6 heteroatoms. The topological polar surface area (TPSA) is 103 Å². The summed E-state index contributed by atoms with van der Waals surface area (Å²) in [4.78, 5) is 0. The Kier molecular flexibility index (Phi) is 2.58. The van der Waals surface area contributed by atoms with E-state index in [1.165, 1.54) is 4.68 Å². The number of hydrogen-bond acceptors (Lipinski definition) is 5. The van der Waals surface area contributed by atoms with Gasteiger partial charge in [-0.05, 0) is 12.1 Å². The largest absolute Gasteiger partial charge is 0.497 e. The van der Waals surface area contributed by atoms with Crippen molar-refractivity contribution in [1.82, 2.24) is 9.78 Å². The fourth-order valence-corrected chi connectivity index (χ4v) is 1.50.